The zero-order valence-corrected chi connectivity index (χ0v) is 16.2. The summed E-state index contributed by atoms with van der Waals surface area (Å²) in [6.45, 7) is 5.99. The SMILES string of the molecule is CCN1CC[C@H](c2ccc(F)cc2)[C@@H](COc2ccc(OC)cc2)C1.Cl. The summed E-state index contributed by atoms with van der Waals surface area (Å²) in [7, 11) is 1.66. The van der Waals surface area contributed by atoms with Gasteiger partial charge < -0.3 is 14.4 Å². The lowest BCUT2D eigenvalue weighted by Gasteiger charge is -2.38. The van der Waals surface area contributed by atoms with Gasteiger partial charge in [-0.05, 0) is 67.4 Å². The lowest BCUT2D eigenvalue weighted by atomic mass is 9.81. The van der Waals surface area contributed by atoms with E-state index in [0.29, 0.717) is 18.4 Å². The van der Waals surface area contributed by atoms with Gasteiger partial charge >= 0.3 is 0 Å². The molecule has 0 aliphatic carbocycles. The van der Waals surface area contributed by atoms with Crippen LogP contribution < -0.4 is 9.47 Å². The van der Waals surface area contributed by atoms with Crippen molar-refractivity contribution in [3.63, 3.8) is 0 Å². The summed E-state index contributed by atoms with van der Waals surface area (Å²) in [5.41, 5.74) is 1.21. The number of methoxy groups -OCH3 is 1. The van der Waals surface area contributed by atoms with E-state index in [4.69, 9.17) is 9.47 Å². The fourth-order valence-electron chi connectivity index (χ4n) is 3.59. The maximum atomic E-state index is 13.3. The Kier molecular flexibility index (Phi) is 7.73. The molecule has 1 aliphatic heterocycles. The van der Waals surface area contributed by atoms with E-state index in [-0.39, 0.29) is 18.2 Å². The number of likely N-dealkylation sites (tertiary alicyclic amines) is 1. The highest BCUT2D eigenvalue weighted by atomic mass is 35.5. The lowest BCUT2D eigenvalue weighted by Crippen LogP contribution is -2.41. The van der Waals surface area contributed by atoms with Gasteiger partial charge in [-0.1, -0.05) is 19.1 Å². The van der Waals surface area contributed by atoms with Gasteiger partial charge in [0.15, 0.2) is 0 Å². The van der Waals surface area contributed by atoms with E-state index < -0.39 is 0 Å². The molecule has 0 saturated carbocycles. The van der Waals surface area contributed by atoms with E-state index in [9.17, 15) is 4.39 Å². The highest BCUT2D eigenvalue weighted by Crippen LogP contribution is 2.33. The van der Waals surface area contributed by atoms with Crippen LogP contribution in [0.25, 0.3) is 0 Å². The number of rotatable bonds is 6. The Morgan fingerprint density at radius 2 is 1.69 bits per heavy atom. The minimum atomic E-state index is -0.180. The van der Waals surface area contributed by atoms with Crippen molar-refractivity contribution in [3.05, 3.63) is 59.9 Å². The number of hydrogen-bond acceptors (Lipinski definition) is 3. The third-order valence-corrected chi connectivity index (χ3v) is 5.09. The monoisotopic (exact) mass is 379 g/mol. The van der Waals surface area contributed by atoms with Crippen LogP contribution in [0.3, 0.4) is 0 Å². The van der Waals surface area contributed by atoms with Crippen LogP contribution in [0.1, 0.15) is 24.8 Å². The molecular formula is C21H27ClFNO2. The summed E-state index contributed by atoms with van der Waals surface area (Å²) < 4.78 is 24.5. The van der Waals surface area contributed by atoms with Crippen LogP contribution in [-0.2, 0) is 0 Å². The predicted molar refractivity (Wildman–Crippen MR) is 105 cm³/mol. The standard InChI is InChI=1S/C21H26FNO2.ClH/c1-3-23-13-12-21(16-4-6-18(22)7-5-16)17(14-23)15-25-20-10-8-19(24-2)9-11-20;/h4-11,17,21H,3,12-15H2,1-2H3;1H/t17-,21-;/m1./s1. The second kappa shape index (κ2) is 9.79. The van der Waals surface area contributed by atoms with Gasteiger partial charge in [0.2, 0.25) is 0 Å². The maximum Gasteiger partial charge on any atom is 0.123 e. The van der Waals surface area contributed by atoms with Gasteiger partial charge in [-0.25, -0.2) is 4.39 Å². The first-order valence-electron chi connectivity index (χ1n) is 8.94. The van der Waals surface area contributed by atoms with Gasteiger partial charge in [0, 0.05) is 12.5 Å². The minimum Gasteiger partial charge on any atom is -0.497 e. The number of halogens is 2. The molecule has 1 fully saturated rings. The molecule has 1 heterocycles. The van der Waals surface area contributed by atoms with Crippen molar-refractivity contribution in [3.8, 4) is 11.5 Å². The average Bonchev–Trinajstić information content (AvgIpc) is 2.67. The molecule has 0 unspecified atom stereocenters. The van der Waals surface area contributed by atoms with Crippen LogP contribution in [-0.4, -0.2) is 38.3 Å². The molecule has 0 N–H and O–H groups in total. The largest absolute Gasteiger partial charge is 0.497 e. The molecule has 3 nitrogen and oxygen atoms in total. The summed E-state index contributed by atoms with van der Waals surface area (Å²) in [5, 5.41) is 0. The fraction of sp³-hybridized carbons (Fsp3) is 0.429. The molecule has 2 aromatic carbocycles. The first-order valence-corrected chi connectivity index (χ1v) is 8.94. The lowest BCUT2D eigenvalue weighted by molar-refractivity contribution is 0.115. The normalized spacial score (nSPS) is 20.3. The molecule has 2 atom stereocenters. The maximum absolute atomic E-state index is 13.3. The average molecular weight is 380 g/mol. The van der Waals surface area contributed by atoms with Crippen molar-refractivity contribution < 1.29 is 13.9 Å². The second-order valence-corrected chi connectivity index (χ2v) is 6.59. The molecule has 3 rings (SSSR count). The van der Waals surface area contributed by atoms with Crippen molar-refractivity contribution >= 4 is 12.4 Å². The predicted octanol–water partition coefficient (Wildman–Crippen LogP) is 4.76. The number of benzene rings is 2. The molecule has 1 saturated heterocycles. The van der Waals surface area contributed by atoms with Gasteiger partial charge in [0.05, 0.1) is 13.7 Å². The summed E-state index contributed by atoms with van der Waals surface area (Å²) in [5.74, 6) is 2.29. The Morgan fingerprint density at radius 3 is 2.31 bits per heavy atom. The zero-order chi connectivity index (χ0) is 17.6. The van der Waals surface area contributed by atoms with Crippen LogP contribution in [0.2, 0.25) is 0 Å². The quantitative estimate of drug-likeness (QED) is 0.722. The van der Waals surface area contributed by atoms with Crippen molar-refractivity contribution in [1.82, 2.24) is 4.90 Å². The second-order valence-electron chi connectivity index (χ2n) is 6.59. The van der Waals surface area contributed by atoms with Gasteiger partial charge in [0.1, 0.15) is 17.3 Å². The first kappa shape index (κ1) is 20.5. The Bertz CT molecular complexity index is 663. The topological polar surface area (TPSA) is 21.7 Å². The molecule has 0 aromatic heterocycles. The van der Waals surface area contributed by atoms with Crippen LogP contribution in [0.15, 0.2) is 48.5 Å². The Morgan fingerprint density at radius 1 is 1.04 bits per heavy atom. The van der Waals surface area contributed by atoms with E-state index in [2.05, 4.69) is 11.8 Å². The third kappa shape index (κ3) is 5.12. The van der Waals surface area contributed by atoms with Crippen LogP contribution >= 0.6 is 12.4 Å². The molecule has 26 heavy (non-hydrogen) atoms. The Balaban J connectivity index is 0.00000243. The summed E-state index contributed by atoms with van der Waals surface area (Å²) in [4.78, 5) is 2.46. The highest BCUT2D eigenvalue weighted by Gasteiger charge is 2.30. The summed E-state index contributed by atoms with van der Waals surface area (Å²) in [6, 6.07) is 14.6. The van der Waals surface area contributed by atoms with Gasteiger partial charge in [-0.3, -0.25) is 0 Å². The molecule has 5 heteroatoms. The number of ether oxygens (including phenoxy) is 2. The molecular weight excluding hydrogens is 353 g/mol. The van der Waals surface area contributed by atoms with E-state index in [1.54, 1.807) is 19.2 Å². The van der Waals surface area contributed by atoms with Crippen LogP contribution in [0.5, 0.6) is 11.5 Å². The third-order valence-electron chi connectivity index (χ3n) is 5.09. The molecule has 1 aliphatic rings. The van der Waals surface area contributed by atoms with Crippen molar-refractivity contribution in [2.75, 3.05) is 33.4 Å². The smallest absolute Gasteiger partial charge is 0.123 e. The molecule has 142 valence electrons. The summed E-state index contributed by atoms with van der Waals surface area (Å²) >= 11 is 0. The highest BCUT2D eigenvalue weighted by molar-refractivity contribution is 5.85. The molecule has 2 aromatic rings. The van der Waals surface area contributed by atoms with E-state index in [1.165, 1.54) is 5.56 Å². The van der Waals surface area contributed by atoms with E-state index in [1.807, 2.05) is 36.4 Å². The van der Waals surface area contributed by atoms with E-state index in [0.717, 1.165) is 37.6 Å². The Hall–Kier alpha value is -1.78. The van der Waals surface area contributed by atoms with E-state index >= 15 is 0 Å². The van der Waals surface area contributed by atoms with Gasteiger partial charge in [0.25, 0.3) is 0 Å². The Labute approximate surface area is 161 Å². The van der Waals surface area contributed by atoms with Crippen LogP contribution in [0.4, 0.5) is 4.39 Å². The fourth-order valence-corrected chi connectivity index (χ4v) is 3.59. The first-order chi connectivity index (χ1) is 12.2. The summed E-state index contributed by atoms with van der Waals surface area (Å²) in [6.07, 6.45) is 1.08. The molecule has 0 bridgehead atoms. The van der Waals surface area contributed by atoms with Crippen molar-refractivity contribution in [1.29, 1.82) is 0 Å². The number of piperidine rings is 1. The van der Waals surface area contributed by atoms with Crippen molar-refractivity contribution in [2.24, 2.45) is 5.92 Å². The zero-order valence-electron chi connectivity index (χ0n) is 15.4. The molecule has 0 radical (unpaired) electrons. The minimum absolute atomic E-state index is 0. The molecule has 0 spiro atoms. The van der Waals surface area contributed by atoms with Crippen molar-refractivity contribution in [2.45, 2.75) is 19.3 Å². The number of hydrogen-bond donors (Lipinski definition) is 0. The van der Waals surface area contributed by atoms with Gasteiger partial charge in [-0.2, -0.15) is 0 Å². The van der Waals surface area contributed by atoms with Gasteiger partial charge in [-0.15, -0.1) is 12.4 Å². The van der Waals surface area contributed by atoms with Crippen LogP contribution in [0, 0.1) is 11.7 Å². The molecule has 0 amide bonds. The number of nitrogens with zero attached hydrogens (tertiary/aromatic N) is 1.